The second kappa shape index (κ2) is 12.9. The Hall–Kier alpha value is -2.24. The van der Waals surface area contributed by atoms with E-state index in [-0.39, 0.29) is 24.8 Å². The van der Waals surface area contributed by atoms with Crippen LogP contribution in [0.3, 0.4) is 0 Å². The molecule has 0 amide bonds. The predicted molar refractivity (Wildman–Crippen MR) is 134 cm³/mol. The Balaban J connectivity index is 0.00000193. The van der Waals surface area contributed by atoms with E-state index in [4.69, 9.17) is 24.5 Å². The highest BCUT2D eigenvalue weighted by molar-refractivity contribution is 5.90. The number of fused-ring (bicyclic) bond motifs is 1. The van der Waals surface area contributed by atoms with Crippen molar-refractivity contribution in [1.82, 2.24) is 30.0 Å². The van der Waals surface area contributed by atoms with Crippen molar-refractivity contribution >= 4 is 53.4 Å². The van der Waals surface area contributed by atoms with Crippen molar-refractivity contribution < 1.29 is 9.47 Å². The van der Waals surface area contributed by atoms with Crippen molar-refractivity contribution in [3.05, 3.63) is 29.6 Å². The first-order valence-electron chi connectivity index (χ1n) is 10.7. The van der Waals surface area contributed by atoms with Crippen LogP contribution in [0.4, 0.5) is 17.6 Å². The molecule has 33 heavy (non-hydrogen) atoms. The molecule has 0 atom stereocenters. The van der Waals surface area contributed by atoms with Crippen LogP contribution < -0.4 is 15.5 Å². The van der Waals surface area contributed by atoms with Gasteiger partial charge in [-0.05, 0) is 31.5 Å². The van der Waals surface area contributed by atoms with Crippen LogP contribution in [0.1, 0.15) is 18.2 Å². The highest BCUT2D eigenvalue weighted by Crippen LogP contribution is 2.29. The summed E-state index contributed by atoms with van der Waals surface area (Å²) in [6.07, 6.45) is 1.79. The molecule has 1 saturated heterocycles. The van der Waals surface area contributed by atoms with Crippen LogP contribution in [-0.2, 0) is 22.6 Å². The van der Waals surface area contributed by atoms with E-state index < -0.39 is 0 Å². The van der Waals surface area contributed by atoms with Gasteiger partial charge in [-0.1, -0.05) is 0 Å². The third-order valence-electron chi connectivity index (χ3n) is 5.14. The molecule has 1 fully saturated rings. The number of rotatable bonds is 9. The average Bonchev–Trinajstić information content (AvgIpc) is 3.12. The zero-order valence-corrected chi connectivity index (χ0v) is 20.8. The lowest BCUT2D eigenvalue weighted by Crippen LogP contribution is -2.44. The molecule has 12 heteroatoms. The molecule has 3 aromatic rings. The number of hydrogen-bond donors (Lipinski definition) is 2. The van der Waals surface area contributed by atoms with Crippen LogP contribution in [0.25, 0.3) is 11.0 Å². The minimum Gasteiger partial charge on any atom is -0.380 e. The minimum absolute atomic E-state index is 0. The fraction of sp³-hybridized carbons (Fsp3) is 0.524. The number of hydrogen-bond acceptors (Lipinski definition) is 9. The molecular weight excluding hydrogens is 467 g/mol. The minimum atomic E-state index is 0. The number of halogens is 2. The number of methoxy groups -OCH3 is 1. The van der Waals surface area contributed by atoms with E-state index in [1.807, 2.05) is 30.7 Å². The summed E-state index contributed by atoms with van der Waals surface area (Å²) < 4.78 is 12.9. The van der Waals surface area contributed by atoms with E-state index in [1.54, 1.807) is 13.3 Å². The summed E-state index contributed by atoms with van der Waals surface area (Å²) in [5, 5.41) is 11.6. The maximum Gasteiger partial charge on any atom is 0.228 e. The standard InChI is InChI=1S/C21H30N8O2.2ClH/c1-4-31-12-11-29-19-18(16(27-29)14-30-3)25-21(28-9-7-22-8-10-28)26-20(19)24-17-13-15(2)5-6-23-17;;/h5-6,13,22H,4,7-12,14H2,1-3H3,(H,23,24,25,26);2*1H. The van der Waals surface area contributed by atoms with Crippen LogP contribution in [0.5, 0.6) is 0 Å². The summed E-state index contributed by atoms with van der Waals surface area (Å²) in [5.41, 5.74) is 3.52. The van der Waals surface area contributed by atoms with Crippen molar-refractivity contribution in [2.45, 2.75) is 27.0 Å². The maximum absolute atomic E-state index is 5.57. The molecule has 0 aliphatic carbocycles. The normalized spacial score (nSPS) is 13.5. The zero-order valence-electron chi connectivity index (χ0n) is 19.2. The Labute approximate surface area is 206 Å². The number of piperazine rings is 1. The van der Waals surface area contributed by atoms with E-state index in [9.17, 15) is 0 Å². The first-order chi connectivity index (χ1) is 15.2. The third-order valence-corrected chi connectivity index (χ3v) is 5.14. The Morgan fingerprint density at radius 1 is 1.18 bits per heavy atom. The predicted octanol–water partition coefficient (Wildman–Crippen LogP) is 2.71. The summed E-state index contributed by atoms with van der Waals surface area (Å²) in [6, 6.07) is 3.96. The number of aromatic nitrogens is 5. The lowest BCUT2D eigenvalue weighted by Gasteiger charge is -2.27. The van der Waals surface area contributed by atoms with Crippen molar-refractivity contribution in [1.29, 1.82) is 0 Å². The molecule has 0 spiro atoms. The summed E-state index contributed by atoms with van der Waals surface area (Å²) in [7, 11) is 1.67. The third kappa shape index (κ3) is 6.42. The quantitative estimate of drug-likeness (QED) is 0.430. The van der Waals surface area contributed by atoms with Crippen molar-refractivity contribution in [2.75, 3.05) is 56.7 Å². The topological polar surface area (TPSA) is 102 Å². The van der Waals surface area contributed by atoms with Gasteiger partial charge in [-0.25, -0.2) is 9.97 Å². The molecule has 0 saturated carbocycles. The Morgan fingerprint density at radius 3 is 2.67 bits per heavy atom. The fourth-order valence-electron chi connectivity index (χ4n) is 3.64. The largest absolute Gasteiger partial charge is 0.380 e. The van der Waals surface area contributed by atoms with Crippen LogP contribution in [0, 0.1) is 6.92 Å². The van der Waals surface area contributed by atoms with Gasteiger partial charge in [0, 0.05) is 46.1 Å². The van der Waals surface area contributed by atoms with Gasteiger partial charge >= 0.3 is 0 Å². The number of nitrogens with one attached hydrogen (secondary N) is 2. The van der Waals surface area contributed by atoms with Crippen LogP contribution >= 0.6 is 24.8 Å². The summed E-state index contributed by atoms with van der Waals surface area (Å²) >= 11 is 0. The molecule has 4 heterocycles. The van der Waals surface area contributed by atoms with E-state index >= 15 is 0 Å². The van der Waals surface area contributed by atoms with Gasteiger partial charge in [0.2, 0.25) is 5.95 Å². The average molecular weight is 499 g/mol. The van der Waals surface area contributed by atoms with Crippen molar-refractivity contribution in [2.24, 2.45) is 0 Å². The van der Waals surface area contributed by atoms with Crippen LogP contribution in [0.15, 0.2) is 18.3 Å². The van der Waals surface area contributed by atoms with Crippen LogP contribution in [-0.4, -0.2) is 71.2 Å². The highest BCUT2D eigenvalue weighted by atomic mass is 35.5. The molecule has 1 aliphatic heterocycles. The van der Waals surface area contributed by atoms with Gasteiger partial charge in [-0.15, -0.1) is 24.8 Å². The lowest BCUT2D eigenvalue weighted by molar-refractivity contribution is 0.136. The van der Waals surface area contributed by atoms with Gasteiger partial charge in [0.15, 0.2) is 5.82 Å². The monoisotopic (exact) mass is 498 g/mol. The molecule has 0 radical (unpaired) electrons. The molecule has 10 nitrogen and oxygen atoms in total. The second-order valence-electron chi connectivity index (χ2n) is 7.45. The van der Waals surface area contributed by atoms with Gasteiger partial charge in [-0.2, -0.15) is 10.1 Å². The van der Waals surface area contributed by atoms with E-state index in [0.717, 1.165) is 54.3 Å². The Morgan fingerprint density at radius 2 is 1.97 bits per heavy atom. The highest BCUT2D eigenvalue weighted by Gasteiger charge is 2.22. The molecule has 0 unspecified atom stereocenters. The lowest BCUT2D eigenvalue weighted by atomic mass is 10.3. The SMILES string of the molecule is CCOCCn1nc(COC)c2nc(N3CCNCC3)nc(Nc3cc(C)ccn3)c21.Cl.Cl. The Kier molecular flexibility index (Phi) is 10.5. The fourth-order valence-corrected chi connectivity index (χ4v) is 3.64. The molecule has 0 aromatic carbocycles. The molecule has 2 N–H and O–H groups in total. The molecular formula is C21H32Cl2N8O2. The Bertz CT molecular complexity index is 1030. The number of aryl methyl sites for hydroxylation is 1. The van der Waals surface area contributed by atoms with Gasteiger partial charge < -0.3 is 25.0 Å². The van der Waals surface area contributed by atoms with E-state index in [1.165, 1.54) is 0 Å². The van der Waals surface area contributed by atoms with E-state index in [0.29, 0.717) is 38.1 Å². The van der Waals surface area contributed by atoms with E-state index in [2.05, 4.69) is 20.5 Å². The molecule has 3 aromatic heterocycles. The van der Waals surface area contributed by atoms with Crippen molar-refractivity contribution in [3.8, 4) is 0 Å². The summed E-state index contributed by atoms with van der Waals surface area (Å²) in [5.74, 6) is 2.10. The van der Waals surface area contributed by atoms with Crippen LogP contribution in [0.2, 0.25) is 0 Å². The van der Waals surface area contributed by atoms with Gasteiger partial charge in [-0.3, -0.25) is 4.68 Å². The van der Waals surface area contributed by atoms with Gasteiger partial charge in [0.05, 0.1) is 19.8 Å². The first-order valence-corrected chi connectivity index (χ1v) is 10.7. The molecule has 1 aliphatic rings. The number of anilines is 3. The molecule has 182 valence electrons. The van der Waals surface area contributed by atoms with Gasteiger partial charge in [0.1, 0.15) is 22.5 Å². The zero-order chi connectivity index (χ0) is 21.6. The summed E-state index contributed by atoms with van der Waals surface area (Å²) in [4.78, 5) is 16.5. The second-order valence-corrected chi connectivity index (χ2v) is 7.45. The molecule has 4 rings (SSSR count). The smallest absolute Gasteiger partial charge is 0.228 e. The van der Waals surface area contributed by atoms with Crippen molar-refractivity contribution in [3.63, 3.8) is 0 Å². The first kappa shape index (κ1) is 27.0. The number of nitrogens with zero attached hydrogens (tertiary/aromatic N) is 6. The maximum atomic E-state index is 5.57. The number of pyridine rings is 1. The molecule has 0 bridgehead atoms. The number of ether oxygens (including phenoxy) is 2. The van der Waals surface area contributed by atoms with Gasteiger partial charge in [0.25, 0.3) is 0 Å². The summed E-state index contributed by atoms with van der Waals surface area (Å²) in [6.45, 7) is 9.72.